The monoisotopic (exact) mass is 401 g/mol. The summed E-state index contributed by atoms with van der Waals surface area (Å²) in [5.74, 6) is -0.0162. The van der Waals surface area contributed by atoms with Gasteiger partial charge in [-0.15, -0.1) is 11.3 Å². The lowest BCUT2D eigenvalue weighted by Crippen LogP contribution is -2.55. The van der Waals surface area contributed by atoms with Crippen LogP contribution in [0.2, 0.25) is 0 Å². The highest BCUT2D eigenvalue weighted by molar-refractivity contribution is 7.12. The average Bonchev–Trinajstić information content (AvgIpc) is 3.18. The Morgan fingerprint density at radius 2 is 1.89 bits per heavy atom. The molecule has 6 heteroatoms. The van der Waals surface area contributed by atoms with Crippen LogP contribution in [-0.4, -0.2) is 60.9 Å². The molecule has 2 aliphatic rings. The molecule has 2 aliphatic heterocycles. The van der Waals surface area contributed by atoms with Gasteiger partial charge >= 0.3 is 0 Å². The van der Waals surface area contributed by atoms with Crippen molar-refractivity contribution < 1.29 is 9.18 Å². The van der Waals surface area contributed by atoms with Gasteiger partial charge in [-0.1, -0.05) is 0 Å². The third kappa shape index (κ3) is 4.62. The van der Waals surface area contributed by atoms with Gasteiger partial charge in [0.2, 0.25) is 0 Å². The summed E-state index contributed by atoms with van der Waals surface area (Å²) in [6.07, 6.45) is 2.49. The fourth-order valence-electron chi connectivity index (χ4n) is 4.37. The fraction of sp³-hybridized carbons (Fsp3) is 0.500. The molecule has 3 heterocycles. The number of likely N-dealkylation sites (tertiary alicyclic amines) is 1. The van der Waals surface area contributed by atoms with Crippen LogP contribution < -0.4 is 4.90 Å². The highest BCUT2D eigenvalue weighted by Crippen LogP contribution is 2.23. The fourth-order valence-corrected chi connectivity index (χ4v) is 5.18. The number of piperidine rings is 1. The Bertz CT molecular complexity index is 798. The van der Waals surface area contributed by atoms with Crippen LogP contribution in [0.5, 0.6) is 0 Å². The number of carbonyl (C=O) groups is 1. The summed E-state index contributed by atoms with van der Waals surface area (Å²) in [5.41, 5.74) is 2.38. The summed E-state index contributed by atoms with van der Waals surface area (Å²) in [5, 5.41) is 2.13. The quantitative estimate of drug-likeness (QED) is 0.711. The van der Waals surface area contributed by atoms with Crippen molar-refractivity contribution in [3.8, 4) is 0 Å². The summed E-state index contributed by atoms with van der Waals surface area (Å²) < 4.78 is 13.1. The number of anilines is 1. The molecule has 1 aromatic heterocycles. The molecule has 0 spiro atoms. The number of nitrogens with zero attached hydrogens (tertiary/aromatic N) is 3. The molecule has 28 heavy (non-hydrogen) atoms. The van der Waals surface area contributed by atoms with Crippen LogP contribution in [0, 0.1) is 5.82 Å². The van der Waals surface area contributed by atoms with Gasteiger partial charge in [0.05, 0.1) is 4.88 Å². The molecule has 1 atom stereocenters. The maximum absolute atomic E-state index is 13.1. The molecule has 2 aromatic rings. The number of halogens is 1. The van der Waals surface area contributed by atoms with Crippen LogP contribution in [0.25, 0.3) is 0 Å². The minimum atomic E-state index is -0.175. The van der Waals surface area contributed by atoms with Crippen LogP contribution in [0.3, 0.4) is 0 Å². The number of carbonyl (C=O) groups excluding carboxylic acids is 1. The van der Waals surface area contributed by atoms with Gasteiger partial charge in [-0.05, 0) is 67.6 Å². The summed E-state index contributed by atoms with van der Waals surface area (Å²) >= 11 is 1.56. The Balaban J connectivity index is 1.30. The highest BCUT2D eigenvalue weighted by Gasteiger charge is 2.28. The van der Waals surface area contributed by atoms with Crippen LogP contribution in [0.15, 0.2) is 35.7 Å². The number of ketones is 1. The summed E-state index contributed by atoms with van der Waals surface area (Å²) in [6.45, 7) is 8.92. The first-order valence-electron chi connectivity index (χ1n) is 10.1. The van der Waals surface area contributed by atoms with E-state index in [1.54, 1.807) is 30.4 Å². The topological polar surface area (TPSA) is 26.8 Å². The van der Waals surface area contributed by atoms with E-state index in [9.17, 15) is 9.18 Å². The standard InChI is InChI=1S/C22H28FN3OS/c1-17(27)22-13-18(16-28-22)14-24-8-2-3-21(15-24)26-11-9-25(10-12-26)20-6-4-19(23)5-7-20/h4-7,13,16,21H,2-3,8-12,14-15H2,1H3. The Labute approximate surface area is 170 Å². The molecular formula is C22H28FN3OS. The van der Waals surface area contributed by atoms with Crippen LogP contribution in [-0.2, 0) is 6.54 Å². The number of hydrogen-bond donors (Lipinski definition) is 0. The van der Waals surface area contributed by atoms with Gasteiger partial charge in [0, 0.05) is 51.0 Å². The predicted molar refractivity (Wildman–Crippen MR) is 113 cm³/mol. The minimum absolute atomic E-state index is 0.159. The Hall–Kier alpha value is -1.76. The SMILES string of the molecule is CC(=O)c1cc(CN2CCCC(N3CCN(c4ccc(F)cc4)CC3)C2)cs1. The molecule has 1 aromatic carbocycles. The first-order chi connectivity index (χ1) is 13.6. The summed E-state index contributed by atoms with van der Waals surface area (Å²) in [7, 11) is 0. The normalized spacial score (nSPS) is 21.8. The van der Waals surface area contributed by atoms with Crippen LogP contribution in [0.1, 0.15) is 35.0 Å². The van der Waals surface area contributed by atoms with E-state index in [2.05, 4.69) is 26.1 Å². The molecule has 0 radical (unpaired) electrons. The zero-order chi connectivity index (χ0) is 19.5. The molecule has 0 bridgehead atoms. The van der Waals surface area contributed by atoms with Crippen LogP contribution >= 0.6 is 11.3 Å². The summed E-state index contributed by atoms with van der Waals surface area (Å²) in [4.78, 5) is 19.9. The third-order valence-electron chi connectivity index (χ3n) is 5.91. The number of Topliss-reactive ketones (excluding diaryl/α,β-unsaturated/α-hetero) is 1. The largest absolute Gasteiger partial charge is 0.369 e. The van der Waals surface area contributed by atoms with Crippen molar-refractivity contribution >= 4 is 22.8 Å². The minimum Gasteiger partial charge on any atom is -0.369 e. The number of thiophene rings is 1. The van der Waals surface area contributed by atoms with E-state index < -0.39 is 0 Å². The van der Waals surface area contributed by atoms with E-state index in [0.717, 1.165) is 56.4 Å². The molecule has 2 saturated heterocycles. The van der Waals surface area contributed by atoms with Crippen molar-refractivity contribution in [3.63, 3.8) is 0 Å². The van der Waals surface area contributed by atoms with E-state index >= 15 is 0 Å². The van der Waals surface area contributed by atoms with E-state index in [1.165, 1.54) is 18.4 Å². The molecule has 0 N–H and O–H groups in total. The summed E-state index contributed by atoms with van der Waals surface area (Å²) in [6, 6.07) is 9.51. The van der Waals surface area contributed by atoms with Gasteiger partial charge < -0.3 is 4.90 Å². The smallest absolute Gasteiger partial charge is 0.169 e. The molecule has 1 unspecified atom stereocenters. The number of benzene rings is 1. The molecular weight excluding hydrogens is 373 g/mol. The van der Waals surface area contributed by atoms with E-state index in [4.69, 9.17) is 0 Å². The van der Waals surface area contributed by atoms with Crippen molar-refractivity contribution in [3.05, 3.63) is 52.0 Å². The van der Waals surface area contributed by atoms with Gasteiger partial charge in [-0.2, -0.15) is 0 Å². The average molecular weight is 402 g/mol. The second-order valence-electron chi connectivity index (χ2n) is 7.91. The number of hydrogen-bond acceptors (Lipinski definition) is 5. The van der Waals surface area contributed by atoms with Crippen molar-refractivity contribution in [2.24, 2.45) is 0 Å². The molecule has 0 amide bonds. The third-order valence-corrected chi connectivity index (χ3v) is 6.99. The molecule has 2 fully saturated rings. The van der Waals surface area contributed by atoms with Gasteiger partial charge in [-0.3, -0.25) is 14.6 Å². The molecule has 150 valence electrons. The predicted octanol–water partition coefficient (Wildman–Crippen LogP) is 3.88. The molecule has 4 rings (SSSR count). The maximum atomic E-state index is 13.1. The Kier molecular flexibility index (Phi) is 6.09. The van der Waals surface area contributed by atoms with Crippen molar-refractivity contribution in [2.45, 2.75) is 32.4 Å². The molecule has 4 nitrogen and oxygen atoms in total. The first-order valence-corrected chi connectivity index (χ1v) is 11.0. The maximum Gasteiger partial charge on any atom is 0.169 e. The van der Waals surface area contributed by atoms with Gasteiger partial charge in [-0.25, -0.2) is 4.39 Å². The van der Waals surface area contributed by atoms with E-state index in [-0.39, 0.29) is 11.6 Å². The zero-order valence-electron chi connectivity index (χ0n) is 16.4. The molecule has 0 aliphatic carbocycles. The van der Waals surface area contributed by atoms with Crippen molar-refractivity contribution in [1.82, 2.24) is 9.80 Å². The Morgan fingerprint density at radius 3 is 2.57 bits per heavy atom. The van der Waals surface area contributed by atoms with Gasteiger partial charge in [0.1, 0.15) is 5.82 Å². The second-order valence-corrected chi connectivity index (χ2v) is 8.82. The molecule has 0 saturated carbocycles. The van der Waals surface area contributed by atoms with E-state index in [0.29, 0.717) is 6.04 Å². The number of piperazine rings is 1. The van der Waals surface area contributed by atoms with Crippen molar-refractivity contribution in [1.29, 1.82) is 0 Å². The lowest BCUT2D eigenvalue weighted by Gasteiger charge is -2.44. The number of rotatable bonds is 5. The first kappa shape index (κ1) is 19.6. The Morgan fingerprint density at radius 1 is 1.14 bits per heavy atom. The van der Waals surface area contributed by atoms with Gasteiger partial charge in [0.25, 0.3) is 0 Å². The zero-order valence-corrected chi connectivity index (χ0v) is 17.3. The second kappa shape index (κ2) is 8.72. The van der Waals surface area contributed by atoms with Crippen molar-refractivity contribution in [2.75, 3.05) is 44.2 Å². The lowest BCUT2D eigenvalue weighted by molar-refractivity contribution is 0.0888. The van der Waals surface area contributed by atoms with Gasteiger partial charge in [0.15, 0.2) is 5.78 Å². The highest BCUT2D eigenvalue weighted by atomic mass is 32.1. The van der Waals surface area contributed by atoms with E-state index in [1.807, 2.05) is 12.1 Å². The van der Waals surface area contributed by atoms with Crippen LogP contribution in [0.4, 0.5) is 10.1 Å². The lowest BCUT2D eigenvalue weighted by atomic mass is 10.0.